The Hall–Kier alpha value is -1.51. The number of carbonyl (C=O) groups is 1. The summed E-state index contributed by atoms with van der Waals surface area (Å²) in [5.41, 5.74) is 8.92. The highest BCUT2D eigenvalue weighted by molar-refractivity contribution is 5.96. The lowest BCUT2D eigenvalue weighted by atomic mass is 10.0. The largest absolute Gasteiger partial charge is 0.462 e. The number of unbranched alkanes of at least 4 members (excludes halogenated alkanes) is 5. The first-order valence-electron chi connectivity index (χ1n) is 7.60. The molecule has 0 aliphatic rings. The molecule has 0 unspecified atom stereocenters. The number of hydrogen-bond acceptors (Lipinski definition) is 3. The van der Waals surface area contributed by atoms with Crippen molar-refractivity contribution < 1.29 is 9.53 Å². The summed E-state index contributed by atoms with van der Waals surface area (Å²) >= 11 is 0. The van der Waals surface area contributed by atoms with Crippen molar-refractivity contribution in [2.75, 3.05) is 12.3 Å². The predicted octanol–water partition coefficient (Wildman–Crippen LogP) is 4.40. The second-order valence-electron chi connectivity index (χ2n) is 5.45. The zero-order valence-corrected chi connectivity index (χ0v) is 13.0. The minimum absolute atomic E-state index is 0.303. The van der Waals surface area contributed by atoms with Crippen LogP contribution in [0, 0.1) is 13.8 Å². The minimum Gasteiger partial charge on any atom is -0.462 e. The first kappa shape index (κ1) is 16.5. The number of nitrogens with two attached hydrogens (primary N) is 1. The van der Waals surface area contributed by atoms with Crippen molar-refractivity contribution in [1.29, 1.82) is 0 Å². The molecular formula is C17H27NO2. The SMILES string of the molecule is CCCCCCCCOC(=O)c1cc(C)cc(C)c1N. The van der Waals surface area contributed by atoms with Gasteiger partial charge in [-0.1, -0.05) is 45.1 Å². The maximum absolute atomic E-state index is 12.0. The minimum atomic E-state index is -0.303. The van der Waals surface area contributed by atoms with Gasteiger partial charge in [-0.25, -0.2) is 4.79 Å². The van der Waals surface area contributed by atoms with E-state index in [1.54, 1.807) is 6.07 Å². The molecule has 1 aromatic rings. The zero-order valence-electron chi connectivity index (χ0n) is 13.0. The molecule has 0 fully saturated rings. The maximum atomic E-state index is 12.0. The van der Waals surface area contributed by atoms with Gasteiger partial charge in [0.25, 0.3) is 0 Å². The molecule has 1 aromatic carbocycles. The number of ether oxygens (including phenoxy) is 1. The van der Waals surface area contributed by atoms with Gasteiger partial charge in [-0.15, -0.1) is 0 Å². The Morgan fingerprint density at radius 1 is 1.10 bits per heavy atom. The molecule has 0 aliphatic heterocycles. The van der Waals surface area contributed by atoms with Crippen LogP contribution in [0.3, 0.4) is 0 Å². The molecule has 0 amide bonds. The van der Waals surface area contributed by atoms with Gasteiger partial charge in [0.15, 0.2) is 0 Å². The molecule has 1 rings (SSSR count). The molecule has 20 heavy (non-hydrogen) atoms. The lowest BCUT2D eigenvalue weighted by Gasteiger charge is -2.10. The molecule has 0 spiro atoms. The number of hydrogen-bond donors (Lipinski definition) is 1. The average molecular weight is 277 g/mol. The summed E-state index contributed by atoms with van der Waals surface area (Å²) < 4.78 is 5.31. The van der Waals surface area contributed by atoms with E-state index in [4.69, 9.17) is 10.5 Å². The van der Waals surface area contributed by atoms with Crippen LogP contribution in [0.15, 0.2) is 12.1 Å². The molecule has 112 valence electrons. The fourth-order valence-corrected chi connectivity index (χ4v) is 2.27. The van der Waals surface area contributed by atoms with Crippen molar-refractivity contribution >= 4 is 11.7 Å². The first-order chi connectivity index (χ1) is 9.56. The standard InChI is InChI=1S/C17H27NO2/c1-4-5-6-7-8-9-10-20-17(19)15-12-13(2)11-14(3)16(15)18/h11-12H,4-10,18H2,1-3H3. The molecule has 0 saturated heterocycles. The van der Waals surface area contributed by atoms with Gasteiger partial charge in [-0.05, 0) is 37.5 Å². The van der Waals surface area contributed by atoms with Crippen molar-refractivity contribution in [2.24, 2.45) is 0 Å². The lowest BCUT2D eigenvalue weighted by molar-refractivity contribution is 0.0498. The normalized spacial score (nSPS) is 10.6. The highest BCUT2D eigenvalue weighted by Crippen LogP contribution is 2.20. The Morgan fingerprint density at radius 3 is 2.45 bits per heavy atom. The Kier molecular flexibility index (Phi) is 7.13. The number of aryl methyl sites for hydroxylation is 2. The Labute approximate surface area is 122 Å². The topological polar surface area (TPSA) is 52.3 Å². The van der Waals surface area contributed by atoms with Crippen LogP contribution in [0.2, 0.25) is 0 Å². The van der Waals surface area contributed by atoms with E-state index in [0.717, 1.165) is 24.0 Å². The fraction of sp³-hybridized carbons (Fsp3) is 0.588. The smallest absolute Gasteiger partial charge is 0.340 e. The Bertz CT molecular complexity index is 441. The van der Waals surface area contributed by atoms with Crippen LogP contribution in [-0.4, -0.2) is 12.6 Å². The van der Waals surface area contributed by atoms with Crippen LogP contribution in [0.5, 0.6) is 0 Å². The van der Waals surface area contributed by atoms with E-state index in [2.05, 4.69) is 6.92 Å². The average Bonchev–Trinajstić information content (AvgIpc) is 2.41. The van der Waals surface area contributed by atoms with Crippen molar-refractivity contribution in [3.8, 4) is 0 Å². The van der Waals surface area contributed by atoms with Gasteiger partial charge < -0.3 is 10.5 Å². The van der Waals surface area contributed by atoms with Crippen LogP contribution in [0.1, 0.15) is 66.9 Å². The third-order valence-corrected chi connectivity index (χ3v) is 3.48. The summed E-state index contributed by atoms with van der Waals surface area (Å²) in [6, 6.07) is 3.77. The van der Waals surface area contributed by atoms with E-state index in [9.17, 15) is 4.79 Å². The van der Waals surface area contributed by atoms with Crippen molar-refractivity contribution in [3.63, 3.8) is 0 Å². The molecule has 0 bridgehead atoms. The Morgan fingerprint density at radius 2 is 1.75 bits per heavy atom. The second kappa shape index (κ2) is 8.62. The number of nitrogen functional groups attached to an aromatic ring is 1. The maximum Gasteiger partial charge on any atom is 0.340 e. The van der Waals surface area contributed by atoms with Gasteiger partial charge in [0.05, 0.1) is 12.2 Å². The summed E-state index contributed by atoms with van der Waals surface area (Å²) in [6.07, 6.45) is 7.08. The highest BCUT2D eigenvalue weighted by atomic mass is 16.5. The molecule has 0 atom stereocenters. The Balaban J connectivity index is 2.36. The number of anilines is 1. The van der Waals surface area contributed by atoms with E-state index in [0.29, 0.717) is 17.9 Å². The van der Waals surface area contributed by atoms with E-state index >= 15 is 0 Å². The number of rotatable bonds is 8. The molecule has 0 saturated carbocycles. The quantitative estimate of drug-likeness (QED) is 0.435. The molecule has 0 radical (unpaired) electrons. The van der Waals surface area contributed by atoms with Gasteiger partial charge in [-0.2, -0.15) is 0 Å². The lowest BCUT2D eigenvalue weighted by Crippen LogP contribution is -2.10. The molecular weight excluding hydrogens is 250 g/mol. The number of carbonyl (C=O) groups excluding carboxylic acids is 1. The van der Waals surface area contributed by atoms with Gasteiger partial charge in [0.2, 0.25) is 0 Å². The third-order valence-electron chi connectivity index (χ3n) is 3.48. The van der Waals surface area contributed by atoms with E-state index in [-0.39, 0.29) is 5.97 Å². The summed E-state index contributed by atoms with van der Waals surface area (Å²) in [4.78, 5) is 12.0. The van der Waals surface area contributed by atoms with Crippen LogP contribution >= 0.6 is 0 Å². The predicted molar refractivity (Wildman–Crippen MR) is 84.0 cm³/mol. The van der Waals surface area contributed by atoms with Crippen molar-refractivity contribution in [2.45, 2.75) is 59.3 Å². The van der Waals surface area contributed by atoms with Gasteiger partial charge in [0, 0.05) is 5.69 Å². The molecule has 0 heterocycles. The van der Waals surface area contributed by atoms with Gasteiger partial charge in [0.1, 0.15) is 0 Å². The van der Waals surface area contributed by atoms with Crippen LogP contribution in [-0.2, 0) is 4.74 Å². The summed E-state index contributed by atoms with van der Waals surface area (Å²) in [7, 11) is 0. The third kappa shape index (κ3) is 5.24. The first-order valence-corrected chi connectivity index (χ1v) is 7.60. The van der Waals surface area contributed by atoms with E-state index in [1.807, 2.05) is 19.9 Å². The summed E-state index contributed by atoms with van der Waals surface area (Å²) in [5.74, 6) is -0.303. The molecule has 3 heteroatoms. The summed E-state index contributed by atoms with van der Waals surface area (Å²) in [5, 5.41) is 0. The zero-order chi connectivity index (χ0) is 15.0. The van der Waals surface area contributed by atoms with E-state index < -0.39 is 0 Å². The van der Waals surface area contributed by atoms with Crippen LogP contribution in [0.4, 0.5) is 5.69 Å². The van der Waals surface area contributed by atoms with E-state index in [1.165, 1.54) is 25.7 Å². The molecule has 3 nitrogen and oxygen atoms in total. The monoisotopic (exact) mass is 277 g/mol. The summed E-state index contributed by atoms with van der Waals surface area (Å²) in [6.45, 7) is 6.55. The van der Waals surface area contributed by atoms with Gasteiger partial charge >= 0.3 is 5.97 Å². The van der Waals surface area contributed by atoms with Crippen LogP contribution < -0.4 is 5.73 Å². The highest BCUT2D eigenvalue weighted by Gasteiger charge is 2.13. The number of benzene rings is 1. The number of esters is 1. The van der Waals surface area contributed by atoms with Crippen LogP contribution in [0.25, 0.3) is 0 Å². The van der Waals surface area contributed by atoms with Crippen molar-refractivity contribution in [1.82, 2.24) is 0 Å². The second-order valence-corrected chi connectivity index (χ2v) is 5.45. The van der Waals surface area contributed by atoms with Crippen molar-refractivity contribution in [3.05, 3.63) is 28.8 Å². The molecule has 0 aliphatic carbocycles. The van der Waals surface area contributed by atoms with Gasteiger partial charge in [-0.3, -0.25) is 0 Å². The molecule has 2 N–H and O–H groups in total. The molecule has 0 aromatic heterocycles. The fourth-order valence-electron chi connectivity index (χ4n) is 2.27.